The molecular weight excluding hydrogens is 341 g/mol. The summed E-state index contributed by atoms with van der Waals surface area (Å²) in [6, 6.07) is 12.4. The molecule has 0 aliphatic rings. The summed E-state index contributed by atoms with van der Waals surface area (Å²) in [5, 5.41) is 6.12. The lowest BCUT2D eigenvalue weighted by Crippen LogP contribution is -2.05. The van der Waals surface area contributed by atoms with Crippen molar-refractivity contribution in [2.75, 3.05) is 10.6 Å². The number of nitrogens with one attached hydrogen (secondary N) is 2. The van der Waals surface area contributed by atoms with Gasteiger partial charge in [-0.15, -0.1) is 0 Å². The van der Waals surface area contributed by atoms with E-state index in [-0.39, 0.29) is 0 Å². The fourth-order valence-corrected chi connectivity index (χ4v) is 2.45. The molecule has 1 heterocycles. The molecule has 0 aliphatic carbocycles. The summed E-state index contributed by atoms with van der Waals surface area (Å²) in [5.74, 6) is 0.876. The van der Waals surface area contributed by atoms with Crippen molar-refractivity contribution in [1.29, 1.82) is 0 Å². The molecule has 3 aromatic rings. The van der Waals surface area contributed by atoms with E-state index in [1.807, 2.05) is 32.0 Å². The van der Waals surface area contributed by atoms with E-state index < -0.39 is 11.7 Å². The van der Waals surface area contributed by atoms with Crippen LogP contribution in [0.15, 0.2) is 54.7 Å². The molecule has 0 atom stereocenters. The predicted molar refractivity (Wildman–Crippen MR) is 96.0 cm³/mol. The van der Waals surface area contributed by atoms with Crippen LogP contribution in [-0.2, 0) is 6.18 Å². The van der Waals surface area contributed by atoms with Gasteiger partial charge in [-0.1, -0.05) is 17.7 Å². The van der Waals surface area contributed by atoms with Crippen LogP contribution in [0.3, 0.4) is 0 Å². The van der Waals surface area contributed by atoms with E-state index in [1.54, 1.807) is 12.3 Å². The largest absolute Gasteiger partial charge is 0.416 e. The average molecular weight is 358 g/mol. The smallest absolute Gasteiger partial charge is 0.340 e. The number of benzene rings is 2. The zero-order valence-electron chi connectivity index (χ0n) is 14.2. The van der Waals surface area contributed by atoms with Gasteiger partial charge in [0, 0.05) is 17.6 Å². The fourth-order valence-electron chi connectivity index (χ4n) is 2.45. The maximum atomic E-state index is 12.6. The SMILES string of the molecule is Cc1ccc(Nc2nccc(Nc3ccc(C(F)(F)F)cc3)n2)c(C)c1. The van der Waals surface area contributed by atoms with Crippen LogP contribution >= 0.6 is 0 Å². The minimum atomic E-state index is -4.35. The van der Waals surface area contributed by atoms with Crippen molar-refractivity contribution < 1.29 is 13.2 Å². The minimum absolute atomic E-state index is 0.397. The molecule has 134 valence electrons. The van der Waals surface area contributed by atoms with Crippen LogP contribution in [0.25, 0.3) is 0 Å². The lowest BCUT2D eigenvalue weighted by molar-refractivity contribution is -0.137. The highest BCUT2D eigenvalue weighted by Crippen LogP contribution is 2.30. The Kier molecular flexibility index (Phi) is 4.79. The lowest BCUT2D eigenvalue weighted by atomic mass is 10.1. The van der Waals surface area contributed by atoms with Gasteiger partial charge in [0.1, 0.15) is 5.82 Å². The predicted octanol–water partition coefficient (Wildman–Crippen LogP) is 5.60. The van der Waals surface area contributed by atoms with Gasteiger partial charge in [-0.3, -0.25) is 0 Å². The van der Waals surface area contributed by atoms with Crippen LogP contribution in [-0.4, -0.2) is 9.97 Å². The van der Waals surface area contributed by atoms with Crippen molar-refractivity contribution in [3.8, 4) is 0 Å². The molecule has 0 unspecified atom stereocenters. The van der Waals surface area contributed by atoms with Gasteiger partial charge in [0.2, 0.25) is 5.95 Å². The monoisotopic (exact) mass is 358 g/mol. The maximum Gasteiger partial charge on any atom is 0.416 e. The second-order valence-electron chi connectivity index (χ2n) is 5.91. The molecule has 0 bridgehead atoms. The normalized spacial score (nSPS) is 11.3. The molecule has 3 rings (SSSR count). The molecule has 0 amide bonds. The molecule has 4 nitrogen and oxygen atoms in total. The van der Waals surface area contributed by atoms with Gasteiger partial charge in [0.15, 0.2) is 0 Å². The van der Waals surface area contributed by atoms with E-state index in [4.69, 9.17) is 0 Å². The Morgan fingerprint density at radius 1 is 0.885 bits per heavy atom. The molecule has 26 heavy (non-hydrogen) atoms. The van der Waals surface area contributed by atoms with Crippen molar-refractivity contribution in [2.24, 2.45) is 0 Å². The number of nitrogens with zero attached hydrogens (tertiary/aromatic N) is 2. The Balaban J connectivity index is 1.75. The Labute approximate surface area is 149 Å². The highest BCUT2D eigenvalue weighted by atomic mass is 19.4. The van der Waals surface area contributed by atoms with Crippen LogP contribution in [0.4, 0.5) is 36.3 Å². The number of halogens is 3. The quantitative estimate of drug-likeness (QED) is 0.637. The van der Waals surface area contributed by atoms with Crippen LogP contribution < -0.4 is 10.6 Å². The summed E-state index contributed by atoms with van der Waals surface area (Å²) < 4.78 is 37.8. The molecule has 0 saturated carbocycles. The van der Waals surface area contributed by atoms with Gasteiger partial charge >= 0.3 is 6.18 Å². The number of aromatic nitrogens is 2. The summed E-state index contributed by atoms with van der Waals surface area (Å²) in [4.78, 5) is 8.52. The van der Waals surface area contributed by atoms with Crippen molar-refractivity contribution in [2.45, 2.75) is 20.0 Å². The Hall–Kier alpha value is -3.09. The maximum absolute atomic E-state index is 12.6. The first kappa shape index (κ1) is 17.7. The third kappa shape index (κ3) is 4.30. The Bertz CT molecular complexity index is 905. The standard InChI is InChI=1S/C19H17F3N4/c1-12-3-8-16(13(2)11-12)25-18-23-10-9-17(26-18)24-15-6-4-14(5-7-15)19(20,21)22/h3-11H,1-2H3,(H2,23,24,25,26). The van der Waals surface area contributed by atoms with Gasteiger partial charge in [0.25, 0.3) is 0 Å². The molecule has 7 heteroatoms. The summed E-state index contributed by atoms with van der Waals surface area (Å²) in [6.07, 6.45) is -2.78. The molecule has 0 radical (unpaired) electrons. The fraction of sp³-hybridized carbons (Fsp3) is 0.158. The van der Waals surface area contributed by atoms with E-state index >= 15 is 0 Å². The topological polar surface area (TPSA) is 49.8 Å². The van der Waals surface area contributed by atoms with Gasteiger partial charge in [-0.25, -0.2) is 4.98 Å². The summed E-state index contributed by atoms with van der Waals surface area (Å²) in [5.41, 5.74) is 2.93. The number of rotatable bonds is 4. The summed E-state index contributed by atoms with van der Waals surface area (Å²) in [6.45, 7) is 4.00. The van der Waals surface area contributed by atoms with Gasteiger partial charge in [-0.05, 0) is 55.8 Å². The molecule has 0 saturated heterocycles. The van der Waals surface area contributed by atoms with Crippen LogP contribution in [0.1, 0.15) is 16.7 Å². The third-order valence-corrected chi connectivity index (χ3v) is 3.77. The van der Waals surface area contributed by atoms with Crippen molar-refractivity contribution >= 4 is 23.1 Å². The van der Waals surface area contributed by atoms with Gasteiger partial charge in [0.05, 0.1) is 5.56 Å². The number of alkyl halides is 3. The van der Waals surface area contributed by atoms with Crippen LogP contribution in [0.2, 0.25) is 0 Å². The van der Waals surface area contributed by atoms with Crippen LogP contribution in [0.5, 0.6) is 0 Å². The zero-order chi connectivity index (χ0) is 18.7. The van der Waals surface area contributed by atoms with E-state index in [0.29, 0.717) is 17.5 Å². The number of aryl methyl sites for hydroxylation is 2. The van der Waals surface area contributed by atoms with Crippen molar-refractivity contribution in [3.63, 3.8) is 0 Å². The lowest BCUT2D eigenvalue weighted by Gasteiger charge is -2.11. The molecule has 2 N–H and O–H groups in total. The Morgan fingerprint density at radius 3 is 2.27 bits per heavy atom. The van der Waals surface area contributed by atoms with E-state index in [0.717, 1.165) is 28.9 Å². The molecule has 0 fully saturated rings. The van der Waals surface area contributed by atoms with E-state index in [2.05, 4.69) is 20.6 Å². The number of hydrogen-bond donors (Lipinski definition) is 2. The first-order valence-corrected chi connectivity index (χ1v) is 7.93. The highest BCUT2D eigenvalue weighted by molar-refractivity contribution is 5.62. The molecule has 2 aromatic carbocycles. The number of anilines is 4. The summed E-state index contributed by atoms with van der Waals surface area (Å²) >= 11 is 0. The molecule has 1 aromatic heterocycles. The van der Waals surface area contributed by atoms with Crippen molar-refractivity contribution in [1.82, 2.24) is 9.97 Å². The molecule has 0 spiro atoms. The third-order valence-electron chi connectivity index (χ3n) is 3.77. The summed E-state index contributed by atoms with van der Waals surface area (Å²) in [7, 11) is 0. The van der Waals surface area contributed by atoms with Gasteiger partial charge < -0.3 is 10.6 Å². The first-order valence-electron chi connectivity index (χ1n) is 7.93. The molecular formula is C19H17F3N4. The van der Waals surface area contributed by atoms with Crippen LogP contribution in [0, 0.1) is 13.8 Å². The number of hydrogen-bond acceptors (Lipinski definition) is 4. The highest BCUT2D eigenvalue weighted by Gasteiger charge is 2.29. The second-order valence-corrected chi connectivity index (χ2v) is 5.91. The first-order chi connectivity index (χ1) is 12.3. The minimum Gasteiger partial charge on any atom is -0.340 e. The average Bonchev–Trinajstić information content (AvgIpc) is 2.57. The van der Waals surface area contributed by atoms with Crippen molar-refractivity contribution in [3.05, 3.63) is 71.4 Å². The van der Waals surface area contributed by atoms with E-state index in [9.17, 15) is 13.2 Å². The zero-order valence-corrected chi connectivity index (χ0v) is 14.2. The van der Waals surface area contributed by atoms with Gasteiger partial charge in [-0.2, -0.15) is 18.2 Å². The molecule has 0 aliphatic heterocycles. The van der Waals surface area contributed by atoms with E-state index in [1.165, 1.54) is 12.1 Å². The Morgan fingerprint density at radius 2 is 1.62 bits per heavy atom. The second kappa shape index (κ2) is 7.03.